The van der Waals surface area contributed by atoms with Crippen molar-refractivity contribution < 1.29 is 14.8 Å². The molecule has 1 unspecified atom stereocenters. The molecule has 1 fully saturated rings. The number of hydrogen-bond acceptors (Lipinski definition) is 3. The number of amides is 4. The number of benzene rings is 2. The predicted molar refractivity (Wildman–Crippen MR) is 147 cm³/mol. The van der Waals surface area contributed by atoms with E-state index in [0.717, 1.165) is 32.1 Å². The number of hydroxylamine groups is 2. The third-order valence-corrected chi connectivity index (χ3v) is 7.76. The summed E-state index contributed by atoms with van der Waals surface area (Å²) in [5.41, 5.74) is -0.204. The van der Waals surface area contributed by atoms with E-state index in [2.05, 4.69) is 12.2 Å². The fraction of sp³-hybridized carbons (Fsp3) is 0.440. The quantitative estimate of drug-likeness (QED) is 0.179. The van der Waals surface area contributed by atoms with Gasteiger partial charge in [0.25, 0.3) is 0 Å². The first kappa shape index (κ1) is 28.7. The molecular formula is C25H30Cl4N4O3. The summed E-state index contributed by atoms with van der Waals surface area (Å²) in [5.74, 6) is 0. The summed E-state index contributed by atoms with van der Waals surface area (Å²) < 4.78 is 0. The van der Waals surface area contributed by atoms with Crippen LogP contribution in [0.1, 0.15) is 52.9 Å². The highest BCUT2D eigenvalue weighted by atomic mass is 35.5. The fourth-order valence-electron chi connectivity index (χ4n) is 4.35. The monoisotopic (exact) mass is 574 g/mol. The van der Waals surface area contributed by atoms with Gasteiger partial charge in [-0.3, -0.25) is 10.1 Å². The van der Waals surface area contributed by atoms with Crippen LogP contribution in [0.2, 0.25) is 20.1 Å². The number of unbranched alkanes of at least 4 members (excludes halogenated alkanes) is 4. The molecule has 1 aliphatic heterocycles. The van der Waals surface area contributed by atoms with Crippen molar-refractivity contribution in [3.05, 3.63) is 56.5 Å². The number of nitrogens with zero attached hydrogens (tertiary/aromatic N) is 3. The molecule has 2 aromatic carbocycles. The molecule has 7 nitrogen and oxygen atoms in total. The Morgan fingerprint density at radius 2 is 1.58 bits per heavy atom. The molecule has 36 heavy (non-hydrogen) atoms. The Balaban J connectivity index is 1.92. The van der Waals surface area contributed by atoms with E-state index in [1.165, 1.54) is 17.0 Å². The van der Waals surface area contributed by atoms with E-state index in [4.69, 9.17) is 46.4 Å². The van der Waals surface area contributed by atoms with E-state index in [1.807, 2.05) is 13.8 Å². The second-order valence-electron chi connectivity index (χ2n) is 9.25. The second-order valence-corrected chi connectivity index (χ2v) is 10.9. The smallest absolute Gasteiger partial charge is 0.315 e. The average Bonchev–Trinajstić information content (AvgIpc) is 3.02. The summed E-state index contributed by atoms with van der Waals surface area (Å²) in [6, 6.07) is 8.12. The molecule has 2 N–H and O–H groups in total. The lowest BCUT2D eigenvalue weighted by molar-refractivity contribution is -0.0949. The van der Waals surface area contributed by atoms with Gasteiger partial charge in [0, 0.05) is 17.9 Å². The lowest BCUT2D eigenvalue weighted by atomic mass is 9.99. The summed E-state index contributed by atoms with van der Waals surface area (Å²) in [6.07, 6.45) is 4.05. The van der Waals surface area contributed by atoms with Gasteiger partial charge in [0.1, 0.15) is 0 Å². The van der Waals surface area contributed by atoms with Gasteiger partial charge in [-0.2, -0.15) is 5.06 Å². The van der Waals surface area contributed by atoms with Crippen LogP contribution in [-0.2, 0) is 0 Å². The first-order valence-corrected chi connectivity index (χ1v) is 13.3. The maximum Gasteiger partial charge on any atom is 0.347 e. The summed E-state index contributed by atoms with van der Waals surface area (Å²) >= 11 is 24.3. The van der Waals surface area contributed by atoms with Crippen LogP contribution < -0.4 is 10.2 Å². The van der Waals surface area contributed by atoms with E-state index in [1.54, 1.807) is 29.2 Å². The lowest BCUT2D eigenvalue weighted by Gasteiger charge is -2.38. The molecule has 2 aromatic rings. The minimum absolute atomic E-state index is 0.251. The first-order chi connectivity index (χ1) is 17.0. The fourth-order valence-corrected chi connectivity index (χ4v) is 4.95. The van der Waals surface area contributed by atoms with Crippen LogP contribution in [0.25, 0.3) is 0 Å². The summed E-state index contributed by atoms with van der Waals surface area (Å²) in [4.78, 5) is 29.8. The Labute approximate surface area is 231 Å². The van der Waals surface area contributed by atoms with Crippen LogP contribution >= 0.6 is 46.4 Å². The van der Waals surface area contributed by atoms with Gasteiger partial charge >= 0.3 is 12.1 Å². The van der Waals surface area contributed by atoms with E-state index in [0.29, 0.717) is 33.0 Å². The number of hydrogen-bond donors (Lipinski definition) is 2. The normalized spacial score (nSPS) is 17.0. The molecular weight excluding hydrogens is 546 g/mol. The van der Waals surface area contributed by atoms with Crippen molar-refractivity contribution in [3.8, 4) is 0 Å². The maximum atomic E-state index is 13.7. The van der Waals surface area contributed by atoms with Crippen LogP contribution in [0.5, 0.6) is 0 Å². The van der Waals surface area contributed by atoms with Gasteiger partial charge in [0.05, 0.1) is 25.6 Å². The molecule has 4 amide bonds. The number of carbonyl (C=O) groups excluding carboxylic acids is 2. The van der Waals surface area contributed by atoms with Crippen molar-refractivity contribution in [1.82, 2.24) is 9.96 Å². The molecule has 0 spiro atoms. The third-order valence-electron chi connectivity index (χ3n) is 6.29. The van der Waals surface area contributed by atoms with Crippen LogP contribution in [0, 0.1) is 0 Å². The summed E-state index contributed by atoms with van der Waals surface area (Å²) in [6.45, 7) is 6.25. The highest BCUT2D eigenvalue weighted by Gasteiger charge is 2.55. The van der Waals surface area contributed by atoms with Gasteiger partial charge in [-0.25, -0.2) is 9.59 Å². The highest BCUT2D eigenvalue weighted by molar-refractivity contribution is 6.42. The molecule has 1 saturated heterocycles. The number of halogens is 4. The van der Waals surface area contributed by atoms with E-state index in [-0.39, 0.29) is 16.1 Å². The summed E-state index contributed by atoms with van der Waals surface area (Å²) in [5, 5.41) is 15.4. The Morgan fingerprint density at radius 3 is 2.19 bits per heavy atom. The van der Waals surface area contributed by atoms with Gasteiger partial charge in [-0.1, -0.05) is 79.0 Å². The van der Waals surface area contributed by atoms with Crippen molar-refractivity contribution in [1.29, 1.82) is 0 Å². The van der Waals surface area contributed by atoms with Crippen LogP contribution in [0.3, 0.4) is 0 Å². The molecule has 3 rings (SSSR count). The Kier molecular flexibility index (Phi) is 9.63. The van der Waals surface area contributed by atoms with Gasteiger partial charge in [0.2, 0.25) is 0 Å². The topological polar surface area (TPSA) is 76.1 Å². The van der Waals surface area contributed by atoms with Crippen LogP contribution in [0.4, 0.5) is 21.0 Å². The molecule has 0 saturated carbocycles. The van der Waals surface area contributed by atoms with Gasteiger partial charge in [-0.05, 0) is 56.7 Å². The minimum atomic E-state index is -1.07. The number of nitrogens with one attached hydrogen (secondary N) is 1. The second kappa shape index (κ2) is 12.1. The zero-order chi connectivity index (χ0) is 26.6. The van der Waals surface area contributed by atoms with Gasteiger partial charge in [-0.15, -0.1) is 0 Å². The van der Waals surface area contributed by atoms with E-state index < -0.39 is 17.7 Å². The first-order valence-electron chi connectivity index (χ1n) is 11.8. The number of urea groups is 2. The number of anilines is 2. The van der Waals surface area contributed by atoms with E-state index >= 15 is 0 Å². The molecule has 0 aliphatic carbocycles. The minimum Gasteiger partial charge on any atom is -0.315 e. The molecule has 0 aromatic heterocycles. The Hall–Kier alpha value is -1.90. The number of rotatable bonds is 9. The van der Waals surface area contributed by atoms with Crippen LogP contribution in [-0.4, -0.2) is 45.5 Å². The van der Waals surface area contributed by atoms with Crippen LogP contribution in [0.15, 0.2) is 36.4 Å². The zero-order valence-electron chi connectivity index (χ0n) is 20.4. The van der Waals surface area contributed by atoms with Crippen molar-refractivity contribution in [2.45, 2.75) is 64.6 Å². The SMILES string of the molecule is CCCCCCCN1C(=O)N(c2ccc(Cl)c(Cl)c2)C(N(O)C(=O)Nc2ccc(Cl)c(Cl)c2)C1(C)C. The molecule has 0 bridgehead atoms. The number of carbonyl (C=O) groups is 2. The van der Waals surface area contributed by atoms with Crippen molar-refractivity contribution in [2.75, 3.05) is 16.8 Å². The maximum absolute atomic E-state index is 13.7. The van der Waals surface area contributed by atoms with Crippen molar-refractivity contribution >= 4 is 69.8 Å². The van der Waals surface area contributed by atoms with Crippen molar-refractivity contribution in [3.63, 3.8) is 0 Å². The molecule has 1 aliphatic rings. The highest BCUT2D eigenvalue weighted by Crippen LogP contribution is 2.40. The average molecular weight is 576 g/mol. The zero-order valence-corrected chi connectivity index (χ0v) is 23.4. The van der Waals surface area contributed by atoms with Gasteiger partial charge in [0.15, 0.2) is 6.17 Å². The standard InChI is InChI=1S/C25H30Cl4N4O3/c1-4-5-6-7-8-13-31-24(35)32(17-10-12-19(27)21(29)15-17)22(25(31,2)3)33(36)23(34)30-16-9-11-18(26)20(28)14-16/h9-12,14-15,22,36H,4-8,13H2,1-3H3,(H,30,34). The lowest BCUT2D eigenvalue weighted by Crippen LogP contribution is -2.58. The summed E-state index contributed by atoms with van der Waals surface area (Å²) in [7, 11) is 0. The van der Waals surface area contributed by atoms with E-state index in [9.17, 15) is 14.8 Å². The van der Waals surface area contributed by atoms with Crippen molar-refractivity contribution in [2.24, 2.45) is 0 Å². The molecule has 1 atom stereocenters. The Bertz CT molecular complexity index is 1110. The molecule has 196 valence electrons. The largest absolute Gasteiger partial charge is 0.347 e. The Morgan fingerprint density at radius 1 is 0.972 bits per heavy atom. The molecule has 1 heterocycles. The molecule has 0 radical (unpaired) electrons. The molecule has 11 heteroatoms. The predicted octanol–water partition coefficient (Wildman–Crippen LogP) is 8.54. The van der Waals surface area contributed by atoms with Gasteiger partial charge < -0.3 is 10.2 Å². The third kappa shape index (κ3) is 6.14.